The maximum Gasteiger partial charge on any atom is 0.169 e. The van der Waals surface area contributed by atoms with Crippen LogP contribution < -0.4 is 0 Å². The molecule has 0 spiro atoms. The third kappa shape index (κ3) is 13.3. The summed E-state index contributed by atoms with van der Waals surface area (Å²) < 4.78 is -2.29. The molecule has 0 aromatic rings. The Morgan fingerprint density at radius 2 is 1.64 bits per heavy atom. The molecule has 1 nitrogen and oxygen atoms in total. The normalized spacial score (nSPS) is 15.4. The first-order valence-corrected chi connectivity index (χ1v) is 10.8. The minimum absolute atomic E-state index is 0.963. The van der Waals surface area contributed by atoms with Gasteiger partial charge in [0.25, 0.3) is 0 Å². The predicted molar refractivity (Wildman–Crippen MR) is 75.9 cm³/mol. The van der Waals surface area contributed by atoms with Crippen LogP contribution in [0.2, 0.25) is 0 Å². The average molecular weight is 272 g/mol. The van der Waals surface area contributed by atoms with Gasteiger partial charge < -0.3 is 4.89 Å². The lowest BCUT2D eigenvalue weighted by atomic mass is 10.1. The van der Waals surface area contributed by atoms with E-state index in [0.717, 1.165) is 12.2 Å². The van der Waals surface area contributed by atoms with E-state index in [1.165, 1.54) is 49.9 Å². The molecule has 1 atom stereocenters. The quantitative estimate of drug-likeness (QED) is 0.363. The lowest BCUT2D eigenvalue weighted by molar-refractivity contribution is 0.603. The van der Waals surface area contributed by atoms with E-state index in [2.05, 4.69) is 19.2 Å². The zero-order valence-electron chi connectivity index (χ0n) is 8.81. The molecule has 0 aromatic heterocycles. The molecule has 0 saturated heterocycles. The summed E-state index contributed by atoms with van der Waals surface area (Å²) in [4.78, 5) is 9.24. The summed E-state index contributed by atoms with van der Waals surface area (Å²) >= 11 is 10.2. The molecule has 0 saturated carbocycles. The fourth-order valence-corrected chi connectivity index (χ4v) is 4.32. The van der Waals surface area contributed by atoms with Gasteiger partial charge in [-0.15, -0.1) is 12.2 Å². The van der Waals surface area contributed by atoms with Crippen LogP contribution in [0.15, 0.2) is 0 Å². The number of hydrogen-bond acceptors (Lipinski definition) is 2. The van der Waals surface area contributed by atoms with E-state index in [0.29, 0.717) is 0 Å². The summed E-state index contributed by atoms with van der Waals surface area (Å²) in [6.45, 7) is 2.23. The van der Waals surface area contributed by atoms with E-state index >= 15 is 0 Å². The van der Waals surface area contributed by atoms with Crippen LogP contribution in [0.1, 0.15) is 51.9 Å². The van der Waals surface area contributed by atoms with Crippen molar-refractivity contribution in [3.05, 3.63) is 0 Å². The molecule has 0 fully saturated rings. The van der Waals surface area contributed by atoms with Gasteiger partial charge in [-0.3, -0.25) is 0 Å². The van der Waals surface area contributed by atoms with Crippen molar-refractivity contribution in [2.45, 2.75) is 51.9 Å². The lowest BCUT2D eigenvalue weighted by Gasteiger charge is -2.06. The van der Waals surface area contributed by atoms with E-state index in [-0.39, 0.29) is 0 Å². The number of rotatable bonds is 9. The Hall–Kier alpha value is 1.31. The monoisotopic (exact) mass is 272 g/mol. The van der Waals surface area contributed by atoms with Gasteiger partial charge in [0.05, 0.1) is 0 Å². The second kappa shape index (κ2) is 9.53. The Kier molecular flexibility index (Phi) is 10.4. The Bertz CT molecular complexity index is 169. The third-order valence-electron chi connectivity index (χ3n) is 2.01. The minimum Gasteiger partial charge on any atom is -0.350 e. The third-order valence-corrected chi connectivity index (χ3v) is 6.36. The molecule has 86 valence electrons. The smallest absolute Gasteiger partial charge is 0.169 e. The molecular formula is C9H21OPS3. The summed E-state index contributed by atoms with van der Waals surface area (Å²) in [7, 11) is 0. The topological polar surface area (TPSA) is 20.2 Å². The van der Waals surface area contributed by atoms with Crippen LogP contribution >= 0.6 is 28.3 Å². The van der Waals surface area contributed by atoms with Crippen molar-refractivity contribution in [1.29, 1.82) is 0 Å². The summed E-state index contributed by atoms with van der Waals surface area (Å²) in [6.07, 6.45) is 9.14. The molecule has 0 rings (SSSR count). The zero-order chi connectivity index (χ0) is 10.9. The average Bonchev–Trinajstić information content (AvgIpc) is 2.08. The molecule has 0 amide bonds. The Labute approximate surface area is 102 Å². The van der Waals surface area contributed by atoms with Crippen molar-refractivity contribution in [2.75, 3.05) is 5.75 Å². The van der Waals surface area contributed by atoms with Gasteiger partial charge >= 0.3 is 0 Å². The molecule has 0 aromatic carbocycles. The number of thiol groups is 1. The first kappa shape index (κ1) is 15.3. The Morgan fingerprint density at radius 1 is 1.14 bits per heavy atom. The van der Waals surface area contributed by atoms with Gasteiger partial charge in [0.15, 0.2) is 4.67 Å². The standard InChI is InChI=1S/C9H21OPS3/c1-2-3-4-5-6-7-8-9-14-11(10,12)13/h2-9H2,1H3,(H2,10,12,13). The fourth-order valence-electron chi connectivity index (χ4n) is 1.24. The maximum absolute atomic E-state index is 9.24. The maximum atomic E-state index is 9.24. The first-order valence-electron chi connectivity index (χ1n) is 5.26. The van der Waals surface area contributed by atoms with E-state index in [4.69, 9.17) is 11.8 Å². The van der Waals surface area contributed by atoms with Gasteiger partial charge in [0.1, 0.15) is 0 Å². The molecule has 0 radical (unpaired) electrons. The second-order valence-corrected chi connectivity index (χ2v) is 13.1. The summed E-state index contributed by atoms with van der Waals surface area (Å²) in [6, 6.07) is 0. The second-order valence-electron chi connectivity index (χ2n) is 3.45. The predicted octanol–water partition coefficient (Wildman–Crippen LogP) is 4.62. The number of hydrogen-bond donors (Lipinski definition) is 2. The van der Waals surface area contributed by atoms with Gasteiger partial charge in [-0.05, 0) is 18.2 Å². The van der Waals surface area contributed by atoms with Gasteiger partial charge in [0.2, 0.25) is 0 Å². The van der Waals surface area contributed by atoms with E-state index in [1.54, 1.807) is 0 Å². The highest BCUT2D eigenvalue weighted by atomic mass is 33.2. The van der Waals surface area contributed by atoms with E-state index in [9.17, 15) is 4.89 Å². The van der Waals surface area contributed by atoms with Gasteiger partial charge in [-0.2, -0.15) is 0 Å². The van der Waals surface area contributed by atoms with Gasteiger partial charge in [-0.1, -0.05) is 56.8 Å². The van der Waals surface area contributed by atoms with Crippen molar-refractivity contribution in [3.63, 3.8) is 0 Å². The van der Waals surface area contributed by atoms with Crippen LogP contribution in [-0.4, -0.2) is 10.6 Å². The van der Waals surface area contributed by atoms with E-state index < -0.39 is 4.67 Å². The molecule has 5 heteroatoms. The highest BCUT2D eigenvalue weighted by molar-refractivity contribution is 8.94. The zero-order valence-corrected chi connectivity index (χ0v) is 12.2. The van der Waals surface area contributed by atoms with Crippen molar-refractivity contribution in [1.82, 2.24) is 0 Å². The van der Waals surface area contributed by atoms with Crippen LogP contribution in [0, 0.1) is 0 Å². The van der Waals surface area contributed by atoms with Gasteiger partial charge in [-0.25, -0.2) is 0 Å². The van der Waals surface area contributed by atoms with Crippen molar-refractivity contribution in [3.8, 4) is 0 Å². The molecule has 1 unspecified atom stereocenters. The molecule has 14 heavy (non-hydrogen) atoms. The molecule has 0 heterocycles. The highest BCUT2D eigenvalue weighted by Gasteiger charge is 2.04. The van der Waals surface area contributed by atoms with Crippen LogP contribution in [0.3, 0.4) is 0 Å². The lowest BCUT2D eigenvalue weighted by Crippen LogP contribution is -1.81. The van der Waals surface area contributed by atoms with Gasteiger partial charge in [0, 0.05) is 5.75 Å². The molecular weight excluding hydrogens is 251 g/mol. The molecule has 1 N–H and O–H groups in total. The number of unbranched alkanes of at least 4 members (excludes halogenated alkanes) is 6. The van der Waals surface area contributed by atoms with Crippen molar-refractivity contribution in [2.24, 2.45) is 0 Å². The summed E-state index contributed by atoms with van der Waals surface area (Å²) in [5.41, 5.74) is 0. The van der Waals surface area contributed by atoms with Crippen LogP contribution in [0.5, 0.6) is 0 Å². The van der Waals surface area contributed by atoms with Crippen LogP contribution in [0.4, 0.5) is 0 Å². The Morgan fingerprint density at radius 3 is 2.14 bits per heavy atom. The van der Waals surface area contributed by atoms with Crippen molar-refractivity contribution >= 4 is 40.1 Å². The SMILES string of the molecule is CCCCCCCCCSP(O)(=S)S. The summed E-state index contributed by atoms with van der Waals surface area (Å²) in [5.74, 6) is 0.963. The Balaban J connectivity index is 3.03. The summed E-state index contributed by atoms with van der Waals surface area (Å²) in [5, 5.41) is 0. The highest BCUT2D eigenvalue weighted by Crippen LogP contribution is 2.59. The van der Waals surface area contributed by atoms with E-state index in [1.807, 2.05) is 0 Å². The molecule has 0 aliphatic heterocycles. The molecule has 0 bridgehead atoms. The van der Waals surface area contributed by atoms with Crippen molar-refractivity contribution < 1.29 is 4.89 Å². The minimum atomic E-state index is -2.29. The largest absolute Gasteiger partial charge is 0.350 e. The van der Waals surface area contributed by atoms with Crippen LogP contribution in [-0.2, 0) is 11.8 Å². The van der Waals surface area contributed by atoms with Crippen LogP contribution in [0.25, 0.3) is 0 Å². The molecule has 0 aliphatic rings. The molecule has 0 aliphatic carbocycles. The fraction of sp³-hybridized carbons (Fsp3) is 1.00. The first-order chi connectivity index (χ1) is 6.56.